The maximum Gasteiger partial charge on any atom is 0.240 e. The van der Waals surface area contributed by atoms with Gasteiger partial charge >= 0.3 is 0 Å². The van der Waals surface area contributed by atoms with Crippen molar-refractivity contribution in [2.75, 3.05) is 20.1 Å². The number of aromatic nitrogens is 2. The third-order valence-electron chi connectivity index (χ3n) is 3.02. The molecule has 0 bridgehead atoms. The van der Waals surface area contributed by atoms with Gasteiger partial charge in [-0.15, -0.1) is 12.4 Å². The van der Waals surface area contributed by atoms with Crippen LogP contribution in [0, 0.1) is 0 Å². The molecule has 0 aromatic carbocycles. The largest absolute Gasteiger partial charge is 0.338 e. The first-order chi connectivity index (χ1) is 7.81. The molecule has 1 N–H and O–H groups in total. The van der Waals surface area contributed by atoms with Crippen LogP contribution >= 0.6 is 12.4 Å². The number of likely N-dealkylation sites (tertiary alicyclic amines) is 1. The summed E-state index contributed by atoms with van der Waals surface area (Å²) in [7, 11) is 2.01. The minimum absolute atomic E-state index is 0. The number of rotatable bonds is 5. The van der Waals surface area contributed by atoms with Crippen LogP contribution in [0.1, 0.15) is 31.5 Å². The second-order valence-corrected chi connectivity index (χ2v) is 4.36. The molecule has 1 aromatic heterocycles. The Hall–Kier alpha value is -0.650. The quantitative estimate of drug-likeness (QED) is 0.863. The first-order valence-electron chi connectivity index (χ1n) is 6.03. The standard InChI is InChI=1S/C11H20N4O.ClH/c1-3-4-10-13-11(16-14-10)8-15-6-5-9(7-15)12-2;/h9,12H,3-8H2,1-2H3;1H. The van der Waals surface area contributed by atoms with Gasteiger partial charge in [0.1, 0.15) is 0 Å². The van der Waals surface area contributed by atoms with E-state index in [2.05, 4.69) is 27.3 Å². The molecule has 1 unspecified atom stereocenters. The predicted octanol–water partition coefficient (Wildman–Crippen LogP) is 1.24. The SMILES string of the molecule is CCCc1noc(CN2CCC(NC)C2)n1.Cl. The summed E-state index contributed by atoms with van der Waals surface area (Å²) in [5.41, 5.74) is 0. The molecule has 17 heavy (non-hydrogen) atoms. The average Bonchev–Trinajstić information content (AvgIpc) is 2.89. The van der Waals surface area contributed by atoms with Crippen LogP contribution < -0.4 is 5.32 Å². The monoisotopic (exact) mass is 260 g/mol. The molecule has 6 heteroatoms. The summed E-state index contributed by atoms with van der Waals surface area (Å²) >= 11 is 0. The summed E-state index contributed by atoms with van der Waals surface area (Å²) in [6.07, 6.45) is 3.17. The summed E-state index contributed by atoms with van der Waals surface area (Å²) in [5, 5.41) is 7.26. The summed E-state index contributed by atoms with van der Waals surface area (Å²) in [5.74, 6) is 1.59. The fourth-order valence-electron chi connectivity index (χ4n) is 2.08. The van der Waals surface area contributed by atoms with E-state index in [1.54, 1.807) is 0 Å². The molecule has 0 aliphatic carbocycles. The van der Waals surface area contributed by atoms with Gasteiger partial charge in [-0.3, -0.25) is 4.90 Å². The van der Waals surface area contributed by atoms with E-state index in [-0.39, 0.29) is 12.4 Å². The average molecular weight is 261 g/mol. The van der Waals surface area contributed by atoms with Crippen LogP contribution in [0.15, 0.2) is 4.52 Å². The fourth-order valence-corrected chi connectivity index (χ4v) is 2.08. The Bertz CT molecular complexity index is 331. The van der Waals surface area contributed by atoms with Gasteiger partial charge in [-0.25, -0.2) is 0 Å². The highest BCUT2D eigenvalue weighted by Gasteiger charge is 2.22. The Morgan fingerprint density at radius 1 is 1.53 bits per heavy atom. The number of aryl methyl sites for hydroxylation is 1. The van der Waals surface area contributed by atoms with E-state index >= 15 is 0 Å². The molecule has 1 aliphatic heterocycles. The number of likely N-dealkylation sites (N-methyl/N-ethyl adjacent to an activating group) is 1. The minimum atomic E-state index is 0. The number of hydrogen-bond donors (Lipinski definition) is 1. The summed E-state index contributed by atoms with van der Waals surface area (Å²) in [6.45, 7) is 5.09. The molecule has 0 spiro atoms. The maximum absolute atomic E-state index is 5.22. The normalized spacial score (nSPS) is 20.5. The number of hydrogen-bond acceptors (Lipinski definition) is 5. The molecule has 0 amide bonds. The van der Waals surface area contributed by atoms with Gasteiger partial charge in [0.25, 0.3) is 0 Å². The van der Waals surface area contributed by atoms with Crippen molar-refractivity contribution in [3.05, 3.63) is 11.7 Å². The predicted molar refractivity (Wildman–Crippen MR) is 68.3 cm³/mol. The molecule has 1 aliphatic rings. The second kappa shape index (κ2) is 6.93. The lowest BCUT2D eigenvalue weighted by Crippen LogP contribution is -2.29. The number of nitrogens with zero attached hydrogens (tertiary/aromatic N) is 3. The van der Waals surface area contributed by atoms with Gasteiger partial charge in [-0.2, -0.15) is 4.98 Å². The first kappa shape index (κ1) is 14.4. The topological polar surface area (TPSA) is 54.2 Å². The Morgan fingerprint density at radius 3 is 3.00 bits per heavy atom. The summed E-state index contributed by atoms with van der Waals surface area (Å²) < 4.78 is 5.22. The highest BCUT2D eigenvalue weighted by atomic mass is 35.5. The third kappa shape index (κ3) is 3.94. The highest BCUT2D eigenvalue weighted by molar-refractivity contribution is 5.85. The van der Waals surface area contributed by atoms with Crippen molar-refractivity contribution in [1.82, 2.24) is 20.4 Å². The summed E-state index contributed by atoms with van der Waals surface area (Å²) in [6, 6.07) is 0.609. The highest BCUT2D eigenvalue weighted by Crippen LogP contribution is 2.12. The molecule has 1 fully saturated rings. The number of nitrogens with one attached hydrogen (secondary N) is 1. The third-order valence-corrected chi connectivity index (χ3v) is 3.02. The van der Waals surface area contributed by atoms with E-state index in [1.165, 1.54) is 6.42 Å². The van der Waals surface area contributed by atoms with Crippen LogP contribution in [0.25, 0.3) is 0 Å². The van der Waals surface area contributed by atoms with Gasteiger partial charge in [0.05, 0.1) is 6.54 Å². The van der Waals surface area contributed by atoms with Gasteiger partial charge in [0, 0.05) is 25.6 Å². The number of halogens is 1. The molecular formula is C11H21ClN4O. The Balaban J connectivity index is 0.00000144. The van der Waals surface area contributed by atoms with Gasteiger partial charge in [0.15, 0.2) is 5.82 Å². The molecule has 1 atom stereocenters. The van der Waals surface area contributed by atoms with Crippen molar-refractivity contribution in [2.24, 2.45) is 0 Å². The smallest absolute Gasteiger partial charge is 0.240 e. The Morgan fingerprint density at radius 2 is 2.35 bits per heavy atom. The lowest BCUT2D eigenvalue weighted by atomic mass is 10.3. The molecule has 0 saturated carbocycles. The molecule has 0 radical (unpaired) electrons. The molecule has 2 rings (SSSR count). The molecule has 1 aromatic rings. The van der Waals surface area contributed by atoms with Crippen LogP contribution in [0.2, 0.25) is 0 Å². The zero-order chi connectivity index (χ0) is 11.4. The maximum atomic E-state index is 5.22. The van der Waals surface area contributed by atoms with Crippen LogP contribution in [-0.2, 0) is 13.0 Å². The van der Waals surface area contributed by atoms with E-state index < -0.39 is 0 Å². The minimum Gasteiger partial charge on any atom is -0.338 e. The molecule has 5 nitrogen and oxygen atoms in total. The second-order valence-electron chi connectivity index (χ2n) is 4.36. The van der Waals surface area contributed by atoms with Gasteiger partial charge in [0.2, 0.25) is 5.89 Å². The van der Waals surface area contributed by atoms with Crippen LogP contribution in [-0.4, -0.2) is 41.2 Å². The van der Waals surface area contributed by atoms with Crippen molar-refractivity contribution in [2.45, 2.75) is 38.8 Å². The zero-order valence-electron chi connectivity index (χ0n) is 10.5. The van der Waals surface area contributed by atoms with Crippen molar-refractivity contribution < 1.29 is 4.52 Å². The first-order valence-corrected chi connectivity index (χ1v) is 6.03. The Kier molecular flexibility index (Phi) is 5.88. The van der Waals surface area contributed by atoms with Gasteiger partial charge in [-0.1, -0.05) is 12.1 Å². The van der Waals surface area contributed by atoms with Gasteiger partial charge in [-0.05, 0) is 19.9 Å². The van der Waals surface area contributed by atoms with Crippen molar-refractivity contribution in [3.8, 4) is 0 Å². The van der Waals surface area contributed by atoms with Crippen LogP contribution in [0.5, 0.6) is 0 Å². The molecular weight excluding hydrogens is 240 g/mol. The van der Waals surface area contributed by atoms with E-state index in [0.29, 0.717) is 6.04 Å². The molecule has 2 heterocycles. The lowest BCUT2D eigenvalue weighted by molar-refractivity contribution is 0.263. The molecule has 98 valence electrons. The van der Waals surface area contributed by atoms with E-state index in [1.807, 2.05) is 7.05 Å². The van der Waals surface area contributed by atoms with E-state index in [9.17, 15) is 0 Å². The van der Waals surface area contributed by atoms with Crippen molar-refractivity contribution >= 4 is 12.4 Å². The van der Waals surface area contributed by atoms with Crippen LogP contribution in [0.3, 0.4) is 0 Å². The zero-order valence-corrected chi connectivity index (χ0v) is 11.3. The molecule has 1 saturated heterocycles. The van der Waals surface area contributed by atoms with Gasteiger partial charge < -0.3 is 9.84 Å². The fraction of sp³-hybridized carbons (Fsp3) is 0.818. The van der Waals surface area contributed by atoms with E-state index in [0.717, 1.165) is 44.2 Å². The lowest BCUT2D eigenvalue weighted by Gasteiger charge is -2.12. The Labute approximate surface area is 108 Å². The van der Waals surface area contributed by atoms with Crippen LogP contribution in [0.4, 0.5) is 0 Å². The summed E-state index contributed by atoms with van der Waals surface area (Å²) in [4.78, 5) is 6.73. The van der Waals surface area contributed by atoms with E-state index in [4.69, 9.17) is 4.52 Å². The van der Waals surface area contributed by atoms with Crippen molar-refractivity contribution in [3.63, 3.8) is 0 Å². The van der Waals surface area contributed by atoms with Crippen molar-refractivity contribution in [1.29, 1.82) is 0 Å².